The van der Waals surface area contributed by atoms with Gasteiger partial charge < -0.3 is 9.80 Å². The van der Waals surface area contributed by atoms with Gasteiger partial charge in [0, 0.05) is 37.5 Å². The Balaban J connectivity index is 1.89. The van der Waals surface area contributed by atoms with Crippen LogP contribution in [0.3, 0.4) is 0 Å². The minimum atomic E-state index is -0.368. The van der Waals surface area contributed by atoms with E-state index < -0.39 is 0 Å². The van der Waals surface area contributed by atoms with E-state index in [1.54, 1.807) is 25.1 Å². The van der Waals surface area contributed by atoms with Crippen molar-refractivity contribution in [3.8, 4) is 0 Å². The summed E-state index contributed by atoms with van der Waals surface area (Å²) in [6, 6.07) is 7.29. The van der Waals surface area contributed by atoms with Gasteiger partial charge in [0.15, 0.2) is 0 Å². The summed E-state index contributed by atoms with van der Waals surface area (Å²) in [6.07, 6.45) is 0.744. The first kappa shape index (κ1) is 14.7. The van der Waals surface area contributed by atoms with Crippen LogP contribution in [0.25, 0.3) is 0 Å². The lowest BCUT2D eigenvalue weighted by molar-refractivity contribution is 0.0831. The molecular formula is C16H15FN2O2S. The van der Waals surface area contributed by atoms with Gasteiger partial charge in [0.1, 0.15) is 5.82 Å². The quantitative estimate of drug-likeness (QED) is 0.854. The molecule has 0 unspecified atom stereocenters. The van der Waals surface area contributed by atoms with Gasteiger partial charge in [0.2, 0.25) is 0 Å². The number of benzene rings is 1. The molecule has 1 aliphatic heterocycles. The molecular weight excluding hydrogens is 303 g/mol. The third-order valence-electron chi connectivity index (χ3n) is 3.59. The number of carbonyl (C=O) groups excluding carboxylic acids is 2. The standard InChI is InChI=1S/C16H15FN2O2S/c1-18(2)16(21)14-9-12-13(22-14)7-8-19(12)15(20)10-3-5-11(17)6-4-10/h3-6,9H,7-8H2,1-2H3. The Kier molecular flexibility index (Phi) is 3.70. The Labute approximate surface area is 131 Å². The summed E-state index contributed by atoms with van der Waals surface area (Å²) in [4.78, 5) is 29.4. The van der Waals surface area contributed by atoms with Crippen LogP contribution >= 0.6 is 11.3 Å². The van der Waals surface area contributed by atoms with Gasteiger partial charge in [-0.05, 0) is 30.3 Å². The van der Waals surface area contributed by atoms with Crippen molar-refractivity contribution in [1.29, 1.82) is 0 Å². The van der Waals surface area contributed by atoms with Gasteiger partial charge in [0.25, 0.3) is 11.8 Å². The van der Waals surface area contributed by atoms with Crippen LogP contribution in [-0.2, 0) is 6.42 Å². The maximum absolute atomic E-state index is 13.0. The normalized spacial score (nSPS) is 13.1. The van der Waals surface area contributed by atoms with Gasteiger partial charge in [-0.1, -0.05) is 0 Å². The number of nitrogens with zero attached hydrogens (tertiary/aromatic N) is 2. The van der Waals surface area contributed by atoms with E-state index in [2.05, 4.69) is 0 Å². The van der Waals surface area contributed by atoms with E-state index in [1.807, 2.05) is 0 Å². The molecule has 0 saturated heterocycles. The Morgan fingerprint density at radius 2 is 1.91 bits per heavy atom. The SMILES string of the molecule is CN(C)C(=O)c1cc2c(s1)CCN2C(=O)c1ccc(F)cc1. The molecule has 2 aromatic rings. The van der Waals surface area contributed by atoms with Crippen LogP contribution in [0.15, 0.2) is 30.3 Å². The summed E-state index contributed by atoms with van der Waals surface area (Å²) in [5.74, 6) is -0.595. The molecule has 0 spiro atoms. The zero-order chi connectivity index (χ0) is 15.9. The number of thiophene rings is 1. The second-order valence-electron chi connectivity index (χ2n) is 5.33. The lowest BCUT2D eigenvalue weighted by Crippen LogP contribution is -2.29. The van der Waals surface area contributed by atoms with Crippen LogP contribution in [0.4, 0.5) is 10.1 Å². The summed E-state index contributed by atoms with van der Waals surface area (Å²) in [6.45, 7) is 0.591. The highest BCUT2D eigenvalue weighted by Crippen LogP contribution is 2.37. The lowest BCUT2D eigenvalue weighted by atomic mass is 10.2. The minimum Gasteiger partial charge on any atom is -0.344 e. The van der Waals surface area contributed by atoms with Crippen molar-refractivity contribution in [2.75, 3.05) is 25.5 Å². The molecule has 0 radical (unpaired) electrons. The van der Waals surface area contributed by atoms with E-state index in [1.165, 1.54) is 40.5 Å². The summed E-state index contributed by atoms with van der Waals surface area (Å²) in [5, 5.41) is 0. The van der Waals surface area contributed by atoms with Gasteiger partial charge in [-0.15, -0.1) is 11.3 Å². The van der Waals surface area contributed by atoms with Gasteiger partial charge in [-0.2, -0.15) is 0 Å². The Morgan fingerprint density at radius 1 is 1.23 bits per heavy atom. The molecule has 6 heteroatoms. The molecule has 1 aromatic heterocycles. The van der Waals surface area contributed by atoms with Crippen molar-refractivity contribution in [3.05, 3.63) is 51.5 Å². The average molecular weight is 318 g/mol. The molecule has 0 aliphatic carbocycles. The largest absolute Gasteiger partial charge is 0.344 e. The molecule has 0 fully saturated rings. The second kappa shape index (κ2) is 5.53. The van der Waals surface area contributed by atoms with Gasteiger partial charge in [-0.25, -0.2) is 4.39 Å². The third-order valence-corrected chi connectivity index (χ3v) is 4.77. The predicted molar refractivity (Wildman–Crippen MR) is 84.1 cm³/mol. The monoisotopic (exact) mass is 318 g/mol. The topological polar surface area (TPSA) is 40.6 Å². The fraction of sp³-hybridized carbons (Fsp3) is 0.250. The van der Waals surface area contributed by atoms with Crippen molar-refractivity contribution in [2.24, 2.45) is 0 Å². The smallest absolute Gasteiger partial charge is 0.263 e. The molecule has 0 saturated carbocycles. The van der Waals surface area contributed by atoms with Crippen molar-refractivity contribution < 1.29 is 14.0 Å². The van der Waals surface area contributed by atoms with E-state index in [0.29, 0.717) is 17.0 Å². The van der Waals surface area contributed by atoms with E-state index in [9.17, 15) is 14.0 Å². The number of halogens is 1. The summed E-state index contributed by atoms with van der Waals surface area (Å²) in [7, 11) is 3.41. The van der Waals surface area contributed by atoms with E-state index in [-0.39, 0.29) is 17.6 Å². The number of rotatable bonds is 2. The molecule has 4 nitrogen and oxygen atoms in total. The molecule has 22 heavy (non-hydrogen) atoms. The number of anilines is 1. The predicted octanol–water partition coefficient (Wildman–Crippen LogP) is 2.79. The van der Waals surface area contributed by atoms with Crippen LogP contribution in [0.1, 0.15) is 24.9 Å². The van der Waals surface area contributed by atoms with Crippen LogP contribution in [0.5, 0.6) is 0 Å². The van der Waals surface area contributed by atoms with Crippen LogP contribution in [-0.4, -0.2) is 37.4 Å². The molecule has 1 aliphatic rings. The number of amides is 2. The molecule has 0 atom stereocenters. The number of carbonyl (C=O) groups is 2. The van der Waals surface area contributed by atoms with Gasteiger partial charge >= 0.3 is 0 Å². The second-order valence-corrected chi connectivity index (χ2v) is 6.47. The highest BCUT2D eigenvalue weighted by Gasteiger charge is 2.29. The van der Waals surface area contributed by atoms with Crippen molar-refractivity contribution >= 4 is 28.8 Å². The maximum atomic E-state index is 13.0. The first-order chi connectivity index (χ1) is 10.5. The Bertz CT molecular complexity index is 737. The fourth-order valence-corrected chi connectivity index (χ4v) is 3.62. The third kappa shape index (κ3) is 2.50. The number of hydrogen-bond acceptors (Lipinski definition) is 3. The summed E-state index contributed by atoms with van der Waals surface area (Å²) < 4.78 is 13.0. The molecule has 114 valence electrons. The van der Waals surface area contributed by atoms with Crippen LogP contribution in [0, 0.1) is 5.82 Å². The molecule has 1 aromatic carbocycles. The first-order valence-electron chi connectivity index (χ1n) is 6.89. The number of hydrogen-bond donors (Lipinski definition) is 0. The minimum absolute atomic E-state index is 0.0615. The zero-order valence-electron chi connectivity index (χ0n) is 12.3. The molecule has 3 rings (SSSR count). The number of fused-ring (bicyclic) bond motifs is 1. The van der Waals surface area contributed by atoms with E-state index in [4.69, 9.17) is 0 Å². The maximum Gasteiger partial charge on any atom is 0.263 e. The van der Waals surface area contributed by atoms with Crippen LogP contribution < -0.4 is 4.90 Å². The molecule has 2 amide bonds. The zero-order valence-corrected chi connectivity index (χ0v) is 13.1. The van der Waals surface area contributed by atoms with Gasteiger partial charge in [0.05, 0.1) is 10.6 Å². The van der Waals surface area contributed by atoms with Crippen molar-refractivity contribution in [3.63, 3.8) is 0 Å². The molecule has 0 bridgehead atoms. The van der Waals surface area contributed by atoms with Crippen molar-refractivity contribution in [1.82, 2.24) is 4.90 Å². The molecule has 2 heterocycles. The first-order valence-corrected chi connectivity index (χ1v) is 7.71. The fourth-order valence-electron chi connectivity index (χ4n) is 2.45. The molecule has 0 N–H and O–H groups in total. The van der Waals surface area contributed by atoms with Gasteiger partial charge in [-0.3, -0.25) is 9.59 Å². The Morgan fingerprint density at radius 3 is 2.55 bits per heavy atom. The van der Waals surface area contributed by atoms with Crippen LogP contribution in [0.2, 0.25) is 0 Å². The van der Waals surface area contributed by atoms with E-state index in [0.717, 1.165) is 17.0 Å². The van der Waals surface area contributed by atoms with E-state index >= 15 is 0 Å². The lowest BCUT2D eigenvalue weighted by Gasteiger charge is -2.16. The Hall–Kier alpha value is -2.21. The summed E-state index contributed by atoms with van der Waals surface area (Å²) >= 11 is 1.43. The highest BCUT2D eigenvalue weighted by molar-refractivity contribution is 7.14. The summed E-state index contributed by atoms with van der Waals surface area (Å²) in [5.41, 5.74) is 1.24. The average Bonchev–Trinajstić information content (AvgIpc) is 3.06. The van der Waals surface area contributed by atoms with Crippen molar-refractivity contribution in [2.45, 2.75) is 6.42 Å². The highest BCUT2D eigenvalue weighted by atomic mass is 32.1.